The first kappa shape index (κ1) is 23.3. The van der Waals surface area contributed by atoms with Crippen molar-refractivity contribution in [1.82, 2.24) is 30.3 Å². The van der Waals surface area contributed by atoms with Crippen LogP contribution in [-0.4, -0.2) is 51.1 Å². The molecule has 0 bridgehead atoms. The Hall–Kier alpha value is -3.46. The van der Waals surface area contributed by atoms with Crippen molar-refractivity contribution in [3.63, 3.8) is 0 Å². The van der Waals surface area contributed by atoms with E-state index in [0.29, 0.717) is 36.8 Å². The zero-order valence-corrected chi connectivity index (χ0v) is 20.3. The summed E-state index contributed by atoms with van der Waals surface area (Å²) in [7, 11) is 0. The fourth-order valence-electron chi connectivity index (χ4n) is 5.37. The van der Waals surface area contributed by atoms with Crippen LogP contribution in [0.5, 0.6) is 0 Å². The van der Waals surface area contributed by atoms with Crippen molar-refractivity contribution in [2.75, 3.05) is 19.6 Å². The number of H-pyrrole nitrogens is 1. The Labute approximate surface area is 203 Å². The molecule has 1 saturated heterocycles. The maximum Gasteiger partial charge on any atom is 0.253 e. The van der Waals surface area contributed by atoms with E-state index in [-0.39, 0.29) is 23.9 Å². The van der Waals surface area contributed by atoms with Crippen molar-refractivity contribution in [2.24, 2.45) is 0 Å². The second-order valence-electron chi connectivity index (χ2n) is 9.79. The fraction of sp³-hybridized carbons (Fsp3) is 0.462. The molecule has 2 aliphatic rings. The summed E-state index contributed by atoms with van der Waals surface area (Å²) >= 11 is 0. The van der Waals surface area contributed by atoms with Gasteiger partial charge in [0.15, 0.2) is 0 Å². The highest BCUT2D eigenvalue weighted by Crippen LogP contribution is 2.33. The molecule has 9 heteroatoms. The molecule has 5 rings (SSSR count). The SMILES string of the molecule is Cc1cc(C)c(CNC(=O)c2cc(CN3CCNC(=O)C3)cc3c2cnn3C2CCCC2)c(=O)[nH]1. The molecule has 3 aromatic rings. The van der Waals surface area contributed by atoms with Crippen LogP contribution in [0.1, 0.15) is 64.5 Å². The first-order valence-corrected chi connectivity index (χ1v) is 12.4. The molecule has 1 saturated carbocycles. The number of aromatic nitrogens is 3. The molecular formula is C26H32N6O3. The van der Waals surface area contributed by atoms with Gasteiger partial charge < -0.3 is 15.6 Å². The molecule has 0 spiro atoms. The van der Waals surface area contributed by atoms with E-state index >= 15 is 0 Å². The number of rotatable bonds is 6. The summed E-state index contributed by atoms with van der Waals surface area (Å²) in [4.78, 5) is 42.6. The third-order valence-electron chi connectivity index (χ3n) is 7.13. The van der Waals surface area contributed by atoms with Gasteiger partial charge in [0.2, 0.25) is 5.91 Å². The summed E-state index contributed by atoms with van der Waals surface area (Å²) in [5.74, 6) is -0.219. The van der Waals surface area contributed by atoms with E-state index in [2.05, 4.69) is 36.4 Å². The van der Waals surface area contributed by atoms with Gasteiger partial charge in [-0.2, -0.15) is 5.10 Å². The van der Waals surface area contributed by atoms with Gasteiger partial charge >= 0.3 is 0 Å². The normalized spacial score (nSPS) is 17.1. The molecule has 3 heterocycles. The highest BCUT2D eigenvalue weighted by molar-refractivity contribution is 6.06. The van der Waals surface area contributed by atoms with Gasteiger partial charge in [-0.3, -0.25) is 24.0 Å². The van der Waals surface area contributed by atoms with Crippen LogP contribution in [0, 0.1) is 13.8 Å². The predicted molar refractivity (Wildman–Crippen MR) is 133 cm³/mol. The minimum atomic E-state index is -0.237. The number of fused-ring (bicyclic) bond motifs is 1. The number of hydrogen-bond donors (Lipinski definition) is 3. The molecule has 9 nitrogen and oxygen atoms in total. The van der Waals surface area contributed by atoms with E-state index in [1.165, 1.54) is 12.8 Å². The third-order valence-corrected chi connectivity index (χ3v) is 7.13. The van der Waals surface area contributed by atoms with E-state index in [0.717, 1.165) is 47.1 Å². The predicted octanol–water partition coefficient (Wildman–Crippen LogP) is 2.32. The van der Waals surface area contributed by atoms with Crippen LogP contribution in [-0.2, 0) is 17.9 Å². The molecule has 1 aromatic carbocycles. The number of aryl methyl sites for hydroxylation is 2. The molecule has 3 N–H and O–H groups in total. The smallest absolute Gasteiger partial charge is 0.253 e. The molecule has 0 atom stereocenters. The topological polar surface area (TPSA) is 112 Å². The van der Waals surface area contributed by atoms with Crippen molar-refractivity contribution in [3.05, 3.63) is 62.7 Å². The molecule has 1 aliphatic heterocycles. The molecule has 2 fully saturated rings. The number of nitrogens with zero attached hydrogens (tertiary/aromatic N) is 3. The lowest BCUT2D eigenvalue weighted by Crippen LogP contribution is -2.47. The lowest BCUT2D eigenvalue weighted by atomic mass is 10.0. The van der Waals surface area contributed by atoms with Gasteiger partial charge in [0.05, 0.1) is 29.9 Å². The molecule has 1 aliphatic carbocycles. The summed E-state index contributed by atoms with van der Waals surface area (Å²) in [6.45, 7) is 6.18. The average molecular weight is 477 g/mol. The Morgan fingerprint density at radius 3 is 2.71 bits per heavy atom. The molecule has 184 valence electrons. The number of carbonyl (C=O) groups is 2. The number of carbonyl (C=O) groups excluding carboxylic acids is 2. The second-order valence-corrected chi connectivity index (χ2v) is 9.79. The van der Waals surface area contributed by atoms with Crippen LogP contribution >= 0.6 is 0 Å². The minimum absolute atomic E-state index is 0.0185. The van der Waals surface area contributed by atoms with E-state index in [1.54, 1.807) is 6.20 Å². The highest BCUT2D eigenvalue weighted by Gasteiger charge is 2.24. The molecular weight excluding hydrogens is 444 g/mol. The standard InChI is InChI=1S/C26H32N6O3/c1-16-9-17(2)30-26(35)21(16)12-28-25(34)20-10-18(14-31-8-7-27-24(33)15-31)11-23-22(20)13-29-32(23)19-5-3-4-6-19/h9-11,13,19H,3-8,12,14-15H2,1-2H3,(H,27,33)(H,28,34)(H,30,35). The third kappa shape index (κ3) is 4.86. The number of aromatic amines is 1. The number of amides is 2. The summed E-state index contributed by atoms with van der Waals surface area (Å²) in [6, 6.07) is 6.26. The van der Waals surface area contributed by atoms with Crippen LogP contribution in [0.4, 0.5) is 0 Å². The number of hydrogen-bond acceptors (Lipinski definition) is 5. The van der Waals surface area contributed by atoms with Crippen LogP contribution < -0.4 is 16.2 Å². The highest BCUT2D eigenvalue weighted by atomic mass is 16.2. The van der Waals surface area contributed by atoms with Gasteiger partial charge in [-0.1, -0.05) is 12.8 Å². The zero-order valence-electron chi connectivity index (χ0n) is 20.3. The summed E-state index contributed by atoms with van der Waals surface area (Å²) < 4.78 is 2.07. The lowest BCUT2D eigenvalue weighted by molar-refractivity contribution is -0.124. The first-order valence-electron chi connectivity index (χ1n) is 12.4. The zero-order chi connectivity index (χ0) is 24.5. The van der Waals surface area contributed by atoms with Crippen LogP contribution in [0.15, 0.2) is 29.2 Å². The fourth-order valence-corrected chi connectivity index (χ4v) is 5.37. The first-order chi connectivity index (χ1) is 16.9. The number of piperazine rings is 1. The van der Waals surface area contributed by atoms with Crippen molar-refractivity contribution < 1.29 is 9.59 Å². The van der Waals surface area contributed by atoms with E-state index in [1.807, 2.05) is 26.0 Å². The Bertz CT molecular complexity index is 1330. The van der Waals surface area contributed by atoms with Gasteiger partial charge in [-0.25, -0.2) is 0 Å². The Balaban J connectivity index is 1.47. The quantitative estimate of drug-likeness (QED) is 0.506. The van der Waals surface area contributed by atoms with Crippen molar-refractivity contribution >= 4 is 22.7 Å². The maximum atomic E-state index is 13.4. The second kappa shape index (κ2) is 9.65. The van der Waals surface area contributed by atoms with Crippen molar-refractivity contribution in [1.29, 1.82) is 0 Å². The van der Waals surface area contributed by atoms with E-state index in [4.69, 9.17) is 0 Å². The maximum absolute atomic E-state index is 13.4. The average Bonchev–Trinajstić information content (AvgIpc) is 3.47. The molecule has 2 aromatic heterocycles. The Kier molecular flexibility index (Phi) is 6.42. The Morgan fingerprint density at radius 1 is 1.17 bits per heavy atom. The van der Waals surface area contributed by atoms with Gasteiger partial charge in [0.25, 0.3) is 11.5 Å². The number of pyridine rings is 1. The van der Waals surface area contributed by atoms with Crippen LogP contribution in [0.25, 0.3) is 10.9 Å². The van der Waals surface area contributed by atoms with Gasteiger partial charge in [0.1, 0.15) is 0 Å². The molecule has 0 unspecified atom stereocenters. The van der Waals surface area contributed by atoms with E-state index in [9.17, 15) is 14.4 Å². The molecule has 2 amide bonds. The number of benzene rings is 1. The summed E-state index contributed by atoms with van der Waals surface area (Å²) in [5, 5.41) is 11.3. The number of nitrogens with one attached hydrogen (secondary N) is 3. The monoisotopic (exact) mass is 476 g/mol. The van der Waals surface area contributed by atoms with Crippen LogP contribution in [0.2, 0.25) is 0 Å². The van der Waals surface area contributed by atoms with Gasteiger partial charge in [0, 0.05) is 42.8 Å². The van der Waals surface area contributed by atoms with E-state index < -0.39 is 0 Å². The van der Waals surface area contributed by atoms with Crippen molar-refractivity contribution in [3.8, 4) is 0 Å². The lowest BCUT2D eigenvalue weighted by Gasteiger charge is -2.26. The summed E-state index contributed by atoms with van der Waals surface area (Å²) in [6.07, 6.45) is 6.33. The largest absolute Gasteiger partial charge is 0.354 e. The van der Waals surface area contributed by atoms with Crippen LogP contribution in [0.3, 0.4) is 0 Å². The minimum Gasteiger partial charge on any atom is -0.354 e. The van der Waals surface area contributed by atoms with Gasteiger partial charge in [-0.05, 0) is 56.0 Å². The van der Waals surface area contributed by atoms with Gasteiger partial charge in [-0.15, -0.1) is 0 Å². The van der Waals surface area contributed by atoms with Crippen molar-refractivity contribution in [2.45, 2.75) is 58.7 Å². The molecule has 0 radical (unpaired) electrons. The summed E-state index contributed by atoms with van der Waals surface area (Å²) in [5.41, 5.74) is 4.48. The Morgan fingerprint density at radius 2 is 1.97 bits per heavy atom. The molecule has 35 heavy (non-hydrogen) atoms.